The maximum atomic E-state index is 12.9. The Morgan fingerprint density at radius 2 is 2.03 bits per heavy atom. The third-order valence-electron chi connectivity index (χ3n) is 7.56. The predicted molar refractivity (Wildman–Crippen MR) is 127 cm³/mol. The number of hydrogen-bond donors (Lipinski definition) is 2. The monoisotopic (exact) mass is 473 g/mol. The van der Waals surface area contributed by atoms with Gasteiger partial charge in [-0.3, -0.25) is 14.6 Å². The van der Waals surface area contributed by atoms with Crippen molar-refractivity contribution in [3.8, 4) is 5.88 Å². The van der Waals surface area contributed by atoms with Crippen molar-refractivity contribution < 1.29 is 9.53 Å². The zero-order valence-electron chi connectivity index (χ0n) is 19.6. The zero-order valence-corrected chi connectivity index (χ0v) is 20.4. The van der Waals surface area contributed by atoms with Gasteiger partial charge in [0, 0.05) is 25.0 Å². The molecule has 0 radical (unpaired) electrons. The number of pyridine rings is 1. The van der Waals surface area contributed by atoms with Crippen LogP contribution in [0.1, 0.15) is 46.1 Å². The lowest BCUT2D eigenvalue weighted by atomic mass is 9.45. The summed E-state index contributed by atoms with van der Waals surface area (Å²) in [7, 11) is 0. The molecule has 0 spiro atoms. The third-order valence-corrected chi connectivity index (χ3v) is 7.92. The first kappa shape index (κ1) is 23.5. The SMILES string of the molecule is CCOc1nn(CC(=O)NCc2ccncc2)c(=O)c(Cl)c1N[C@@H]1C[C@H]2C[C@@H]([C@H]1C)C2(C)C. The Morgan fingerprint density at radius 3 is 2.67 bits per heavy atom. The maximum absolute atomic E-state index is 12.9. The number of nitrogens with zero attached hydrogens (tertiary/aromatic N) is 3. The van der Waals surface area contributed by atoms with Crippen LogP contribution in [0.15, 0.2) is 29.3 Å². The lowest BCUT2D eigenvalue weighted by Crippen LogP contribution is -2.58. The van der Waals surface area contributed by atoms with Gasteiger partial charge in [0.05, 0.1) is 6.61 Å². The number of amides is 1. The molecule has 1 amide bonds. The molecule has 0 aromatic carbocycles. The van der Waals surface area contributed by atoms with Crippen molar-refractivity contribution in [2.24, 2.45) is 23.2 Å². The van der Waals surface area contributed by atoms with E-state index in [9.17, 15) is 9.59 Å². The van der Waals surface area contributed by atoms with Gasteiger partial charge in [0.1, 0.15) is 17.3 Å². The van der Waals surface area contributed by atoms with Crippen molar-refractivity contribution in [1.82, 2.24) is 20.1 Å². The Morgan fingerprint density at radius 1 is 1.30 bits per heavy atom. The minimum Gasteiger partial charge on any atom is -0.475 e. The highest BCUT2D eigenvalue weighted by Gasteiger charge is 2.56. The molecular weight excluding hydrogens is 442 g/mol. The number of halogens is 1. The quantitative estimate of drug-likeness (QED) is 0.609. The van der Waals surface area contributed by atoms with Crippen LogP contribution in [0.3, 0.4) is 0 Å². The molecule has 3 aliphatic carbocycles. The van der Waals surface area contributed by atoms with Crippen molar-refractivity contribution in [2.45, 2.75) is 59.7 Å². The van der Waals surface area contributed by atoms with Crippen molar-refractivity contribution in [1.29, 1.82) is 0 Å². The molecule has 4 atom stereocenters. The van der Waals surface area contributed by atoms with Gasteiger partial charge in [0.15, 0.2) is 0 Å². The highest BCUT2D eigenvalue weighted by molar-refractivity contribution is 6.33. The number of anilines is 1. The first-order valence-corrected chi connectivity index (χ1v) is 12.0. The van der Waals surface area contributed by atoms with E-state index in [1.165, 1.54) is 6.42 Å². The summed E-state index contributed by atoms with van der Waals surface area (Å²) in [4.78, 5) is 29.3. The average Bonchev–Trinajstić information content (AvgIpc) is 2.80. The minimum atomic E-state index is -0.518. The first-order chi connectivity index (χ1) is 15.7. The molecule has 2 N–H and O–H groups in total. The van der Waals surface area contributed by atoms with Crippen LogP contribution in [-0.4, -0.2) is 33.3 Å². The number of carbonyl (C=O) groups excluding carboxylic acids is 1. The van der Waals surface area contributed by atoms with E-state index in [1.807, 2.05) is 19.1 Å². The van der Waals surface area contributed by atoms with Gasteiger partial charge in [-0.15, -0.1) is 5.10 Å². The van der Waals surface area contributed by atoms with Crippen LogP contribution < -0.4 is 20.9 Å². The summed E-state index contributed by atoms with van der Waals surface area (Å²) >= 11 is 6.51. The molecule has 3 aliphatic rings. The second kappa shape index (κ2) is 9.33. The van der Waals surface area contributed by atoms with Gasteiger partial charge in [0.2, 0.25) is 5.91 Å². The maximum Gasteiger partial charge on any atom is 0.288 e. The number of carbonyl (C=O) groups is 1. The second-order valence-electron chi connectivity index (χ2n) is 9.73. The first-order valence-electron chi connectivity index (χ1n) is 11.6. The van der Waals surface area contributed by atoms with Crippen molar-refractivity contribution in [2.75, 3.05) is 11.9 Å². The summed E-state index contributed by atoms with van der Waals surface area (Å²) in [5.74, 6) is 1.64. The van der Waals surface area contributed by atoms with Crippen molar-refractivity contribution in [3.05, 3.63) is 45.5 Å². The molecule has 33 heavy (non-hydrogen) atoms. The van der Waals surface area contributed by atoms with Gasteiger partial charge in [0.25, 0.3) is 11.4 Å². The molecule has 8 nitrogen and oxygen atoms in total. The zero-order chi connectivity index (χ0) is 23.8. The van der Waals surface area contributed by atoms with E-state index < -0.39 is 5.56 Å². The molecule has 9 heteroatoms. The third kappa shape index (κ3) is 4.58. The number of hydrogen-bond acceptors (Lipinski definition) is 6. The minimum absolute atomic E-state index is 0.00101. The largest absolute Gasteiger partial charge is 0.475 e. The van der Waals surface area contributed by atoms with Crippen LogP contribution >= 0.6 is 11.6 Å². The van der Waals surface area contributed by atoms with Gasteiger partial charge < -0.3 is 15.4 Å². The van der Waals surface area contributed by atoms with E-state index in [-0.39, 0.29) is 29.4 Å². The van der Waals surface area contributed by atoms with Crippen molar-refractivity contribution >= 4 is 23.2 Å². The Balaban J connectivity index is 1.50. The molecule has 0 aliphatic heterocycles. The fraction of sp³-hybridized carbons (Fsp3) is 0.583. The van der Waals surface area contributed by atoms with E-state index >= 15 is 0 Å². The Kier molecular flexibility index (Phi) is 6.66. The number of nitrogens with one attached hydrogen (secondary N) is 2. The summed E-state index contributed by atoms with van der Waals surface area (Å²) in [6, 6.07) is 3.82. The van der Waals surface area contributed by atoms with Gasteiger partial charge in [-0.2, -0.15) is 0 Å². The summed E-state index contributed by atoms with van der Waals surface area (Å²) < 4.78 is 6.78. The van der Waals surface area contributed by atoms with E-state index in [2.05, 4.69) is 41.5 Å². The fourth-order valence-electron chi connectivity index (χ4n) is 5.41. The standard InChI is InChI=1S/C24H32ClN5O3/c1-5-33-22-21(28-18-11-16-10-17(14(18)2)24(16,3)4)20(25)23(32)30(29-22)13-19(31)27-12-15-6-8-26-9-7-15/h6-9,14,16-18,28H,5,10-13H2,1-4H3,(H,27,31)/t14-,16-,17+,18-/m1/s1. The van der Waals surface area contributed by atoms with E-state index in [1.54, 1.807) is 12.4 Å². The van der Waals surface area contributed by atoms with Gasteiger partial charge in [-0.25, -0.2) is 4.68 Å². The van der Waals surface area contributed by atoms with Crippen molar-refractivity contribution in [3.63, 3.8) is 0 Å². The molecule has 2 aromatic heterocycles. The number of rotatable bonds is 8. The molecule has 3 fully saturated rings. The van der Waals surface area contributed by atoms with Gasteiger partial charge in [-0.1, -0.05) is 32.4 Å². The summed E-state index contributed by atoms with van der Waals surface area (Å²) in [6.45, 7) is 9.25. The highest BCUT2D eigenvalue weighted by Crippen LogP contribution is 2.61. The molecule has 2 heterocycles. The lowest BCUT2D eigenvalue weighted by Gasteiger charge is -2.62. The average molecular weight is 474 g/mol. The predicted octanol–water partition coefficient (Wildman–Crippen LogP) is 3.49. The molecular formula is C24H32ClN5O3. The van der Waals surface area contributed by atoms with Crippen LogP contribution in [0.2, 0.25) is 5.02 Å². The number of aromatic nitrogens is 3. The Hall–Kier alpha value is -2.61. The second-order valence-corrected chi connectivity index (χ2v) is 10.1. The number of ether oxygens (including phenoxy) is 1. The lowest BCUT2D eigenvalue weighted by molar-refractivity contribution is -0.122. The molecule has 5 rings (SSSR count). The van der Waals surface area contributed by atoms with Crippen LogP contribution in [0.5, 0.6) is 5.88 Å². The van der Waals surface area contributed by atoms with Crippen LogP contribution in [0.25, 0.3) is 0 Å². The molecule has 0 saturated heterocycles. The topological polar surface area (TPSA) is 98.1 Å². The smallest absolute Gasteiger partial charge is 0.288 e. The highest BCUT2D eigenvalue weighted by atomic mass is 35.5. The van der Waals surface area contributed by atoms with Gasteiger partial charge >= 0.3 is 0 Å². The van der Waals surface area contributed by atoms with Crippen LogP contribution in [0.4, 0.5) is 5.69 Å². The summed E-state index contributed by atoms with van der Waals surface area (Å²) in [6.07, 6.45) is 5.59. The summed E-state index contributed by atoms with van der Waals surface area (Å²) in [5, 5.41) is 10.6. The molecule has 3 saturated carbocycles. The fourth-order valence-corrected chi connectivity index (χ4v) is 5.64. The van der Waals surface area contributed by atoms with Crippen LogP contribution in [0, 0.1) is 23.2 Å². The van der Waals surface area contributed by atoms with E-state index in [0.717, 1.165) is 16.7 Å². The Labute approximate surface area is 199 Å². The van der Waals surface area contributed by atoms with Crippen LogP contribution in [-0.2, 0) is 17.9 Å². The molecule has 2 aromatic rings. The Bertz CT molecular complexity index is 1070. The molecule has 2 bridgehead atoms. The van der Waals surface area contributed by atoms with E-state index in [4.69, 9.17) is 16.3 Å². The van der Waals surface area contributed by atoms with E-state index in [0.29, 0.717) is 42.0 Å². The van der Waals surface area contributed by atoms with Gasteiger partial charge in [-0.05, 0) is 60.6 Å². The summed E-state index contributed by atoms with van der Waals surface area (Å²) in [5.41, 5.74) is 1.17. The molecule has 0 unspecified atom stereocenters. The normalized spacial score (nSPS) is 25.1. The number of fused-ring (bicyclic) bond motifs is 2. The molecule has 178 valence electrons.